The molecule has 0 radical (unpaired) electrons. The summed E-state index contributed by atoms with van der Waals surface area (Å²) in [5, 5.41) is 7.51. The number of rotatable bonds is 0. The highest BCUT2D eigenvalue weighted by Gasteiger charge is 2.20. The molecule has 7 rings (SSSR count). The molecule has 0 saturated heterocycles. The van der Waals surface area contributed by atoms with Crippen LogP contribution in [-0.4, -0.2) is 4.40 Å². The van der Waals surface area contributed by atoms with Crippen molar-refractivity contribution in [2.24, 2.45) is 0 Å². The Labute approximate surface area is 154 Å². The number of aromatic nitrogens is 1. The van der Waals surface area contributed by atoms with Gasteiger partial charge in [-0.3, -0.25) is 0 Å². The second-order valence-electron chi connectivity index (χ2n) is 7.49. The Bertz CT molecular complexity index is 1680. The lowest BCUT2D eigenvalue weighted by molar-refractivity contribution is 0.671. The maximum atomic E-state index is 6.39. The number of furan rings is 1. The predicted octanol–water partition coefficient (Wildman–Crippen LogP) is 7.04. The molecule has 0 aliphatic carbocycles. The Morgan fingerprint density at radius 2 is 1.33 bits per heavy atom. The lowest BCUT2D eigenvalue weighted by Crippen LogP contribution is -1.82. The van der Waals surface area contributed by atoms with Crippen LogP contribution >= 0.6 is 0 Å². The summed E-state index contributed by atoms with van der Waals surface area (Å²) in [5.41, 5.74) is 6.92. The number of nitrogens with zero attached hydrogens (tertiary/aromatic N) is 1. The third-order valence-corrected chi connectivity index (χ3v) is 5.98. The fourth-order valence-electron chi connectivity index (χ4n) is 4.84. The van der Waals surface area contributed by atoms with Gasteiger partial charge in [-0.15, -0.1) is 0 Å². The first-order chi connectivity index (χ1) is 13.3. The molecule has 0 unspecified atom stereocenters. The molecule has 0 fully saturated rings. The van der Waals surface area contributed by atoms with Gasteiger partial charge in [0.15, 0.2) is 5.58 Å². The smallest absolute Gasteiger partial charge is 0.160 e. The molecule has 0 N–H and O–H groups in total. The Morgan fingerprint density at radius 3 is 2.26 bits per heavy atom. The molecule has 7 aromatic rings. The molecule has 3 aromatic heterocycles. The first-order valence-electron chi connectivity index (χ1n) is 9.30. The summed E-state index contributed by atoms with van der Waals surface area (Å²) < 4.78 is 8.80. The van der Waals surface area contributed by atoms with Gasteiger partial charge in [0.2, 0.25) is 0 Å². The Hall–Kier alpha value is -3.52. The van der Waals surface area contributed by atoms with E-state index in [2.05, 4.69) is 78.1 Å². The van der Waals surface area contributed by atoms with E-state index in [4.69, 9.17) is 4.42 Å². The lowest BCUT2D eigenvalue weighted by atomic mass is 10.1. The van der Waals surface area contributed by atoms with E-state index in [1.54, 1.807) is 0 Å². The van der Waals surface area contributed by atoms with Crippen LogP contribution in [0.5, 0.6) is 0 Å². The minimum atomic E-state index is 0.945. The monoisotopic (exact) mass is 345 g/mol. The van der Waals surface area contributed by atoms with Crippen LogP contribution in [0.4, 0.5) is 0 Å². The number of hydrogen-bond acceptors (Lipinski definition) is 1. The average molecular weight is 345 g/mol. The Kier molecular flexibility index (Phi) is 2.23. The third kappa shape index (κ3) is 1.49. The van der Waals surface area contributed by atoms with Gasteiger partial charge in [-0.05, 0) is 30.7 Å². The van der Waals surface area contributed by atoms with E-state index in [1.807, 2.05) is 6.07 Å². The molecular formula is C25H15NO. The van der Waals surface area contributed by atoms with Gasteiger partial charge in [0.25, 0.3) is 0 Å². The summed E-state index contributed by atoms with van der Waals surface area (Å²) in [4.78, 5) is 0. The lowest BCUT2D eigenvalue weighted by Gasteiger charge is -2.00. The number of fused-ring (bicyclic) bond motifs is 10. The molecule has 0 atom stereocenters. The number of para-hydroxylation sites is 2. The molecule has 0 aliphatic rings. The summed E-state index contributed by atoms with van der Waals surface area (Å²) in [6.45, 7) is 2.16. The molecule has 2 heteroatoms. The van der Waals surface area contributed by atoms with E-state index < -0.39 is 0 Å². The van der Waals surface area contributed by atoms with Gasteiger partial charge in [0.05, 0.1) is 16.6 Å². The van der Waals surface area contributed by atoms with Crippen molar-refractivity contribution in [3.8, 4) is 0 Å². The van der Waals surface area contributed by atoms with Crippen LogP contribution in [-0.2, 0) is 0 Å². The van der Waals surface area contributed by atoms with Gasteiger partial charge in [-0.1, -0.05) is 54.6 Å². The van der Waals surface area contributed by atoms with Crippen LogP contribution in [0.3, 0.4) is 0 Å². The molecule has 2 nitrogen and oxygen atoms in total. The summed E-state index contributed by atoms with van der Waals surface area (Å²) in [6, 6.07) is 26.1. The van der Waals surface area contributed by atoms with Crippen molar-refractivity contribution in [1.82, 2.24) is 4.40 Å². The highest BCUT2D eigenvalue weighted by Crippen LogP contribution is 2.43. The quantitative estimate of drug-likeness (QED) is 0.288. The zero-order valence-electron chi connectivity index (χ0n) is 14.8. The zero-order valence-corrected chi connectivity index (χ0v) is 14.8. The van der Waals surface area contributed by atoms with Crippen LogP contribution in [0.15, 0.2) is 77.2 Å². The molecule has 4 aromatic carbocycles. The van der Waals surface area contributed by atoms with Gasteiger partial charge >= 0.3 is 0 Å². The standard InChI is InChI=1S/C25H15NO/c1-14-9-10-15-17-6-4-7-18-19-11-12-20-16-5-2-3-8-22(16)27-25(20)24(19)26(23(17)18)21(15)13-14/h2-13H,1H3. The van der Waals surface area contributed by atoms with Gasteiger partial charge in [-0.25, -0.2) is 0 Å². The maximum Gasteiger partial charge on any atom is 0.160 e. The highest BCUT2D eigenvalue weighted by molar-refractivity contribution is 6.28. The van der Waals surface area contributed by atoms with E-state index >= 15 is 0 Å². The van der Waals surface area contributed by atoms with E-state index in [9.17, 15) is 0 Å². The van der Waals surface area contributed by atoms with Crippen molar-refractivity contribution in [3.63, 3.8) is 0 Å². The second kappa shape index (κ2) is 4.41. The van der Waals surface area contributed by atoms with Crippen LogP contribution in [0.2, 0.25) is 0 Å². The average Bonchev–Trinajstić information content (AvgIpc) is 3.33. The molecule has 0 spiro atoms. The minimum absolute atomic E-state index is 0.945. The van der Waals surface area contributed by atoms with Gasteiger partial charge < -0.3 is 8.82 Å². The molecule has 27 heavy (non-hydrogen) atoms. The topological polar surface area (TPSA) is 17.6 Å². The zero-order chi connectivity index (χ0) is 17.7. The third-order valence-electron chi connectivity index (χ3n) is 5.98. The first kappa shape index (κ1) is 13.7. The van der Waals surface area contributed by atoms with Crippen LogP contribution in [0.25, 0.3) is 60.0 Å². The van der Waals surface area contributed by atoms with Crippen molar-refractivity contribution in [3.05, 3.63) is 78.4 Å². The van der Waals surface area contributed by atoms with Gasteiger partial charge in [0, 0.05) is 32.3 Å². The van der Waals surface area contributed by atoms with Crippen LogP contribution < -0.4 is 0 Å². The first-order valence-corrected chi connectivity index (χ1v) is 9.30. The van der Waals surface area contributed by atoms with Crippen LogP contribution in [0.1, 0.15) is 5.56 Å². The highest BCUT2D eigenvalue weighted by atomic mass is 16.3. The molecule has 0 amide bonds. The molecule has 126 valence electrons. The van der Waals surface area contributed by atoms with E-state index in [1.165, 1.54) is 54.4 Å². The van der Waals surface area contributed by atoms with Crippen molar-refractivity contribution < 1.29 is 4.42 Å². The SMILES string of the molecule is Cc1ccc2c3cccc4c5ccc6c7ccccc7oc6c5n(c2c1)c34. The van der Waals surface area contributed by atoms with E-state index in [-0.39, 0.29) is 0 Å². The number of hydrogen-bond donors (Lipinski definition) is 0. The van der Waals surface area contributed by atoms with Crippen LogP contribution in [0, 0.1) is 6.92 Å². The summed E-state index contributed by atoms with van der Waals surface area (Å²) in [7, 11) is 0. The molecule has 0 bridgehead atoms. The van der Waals surface area contributed by atoms with Crippen molar-refractivity contribution in [1.29, 1.82) is 0 Å². The molecule has 0 saturated carbocycles. The maximum absolute atomic E-state index is 6.39. The predicted molar refractivity (Wildman–Crippen MR) is 113 cm³/mol. The van der Waals surface area contributed by atoms with E-state index in [0.717, 1.165) is 11.2 Å². The molecular weight excluding hydrogens is 330 g/mol. The Balaban J connectivity index is 1.90. The molecule has 0 aliphatic heterocycles. The number of aryl methyl sites for hydroxylation is 1. The Morgan fingerprint density at radius 1 is 0.630 bits per heavy atom. The summed E-state index contributed by atoms with van der Waals surface area (Å²) in [5.74, 6) is 0. The van der Waals surface area contributed by atoms with E-state index in [0.29, 0.717) is 0 Å². The van der Waals surface area contributed by atoms with Gasteiger partial charge in [0.1, 0.15) is 5.58 Å². The van der Waals surface area contributed by atoms with Crippen molar-refractivity contribution >= 4 is 60.0 Å². The minimum Gasteiger partial charge on any atom is -0.454 e. The number of benzene rings is 4. The van der Waals surface area contributed by atoms with Gasteiger partial charge in [-0.2, -0.15) is 0 Å². The van der Waals surface area contributed by atoms with Crippen molar-refractivity contribution in [2.75, 3.05) is 0 Å². The normalized spacial score (nSPS) is 12.6. The molecule has 3 heterocycles. The second-order valence-corrected chi connectivity index (χ2v) is 7.49. The summed E-state index contributed by atoms with van der Waals surface area (Å²) in [6.07, 6.45) is 0. The largest absolute Gasteiger partial charge is 0.454 e. The fraction of sp³-hybridized carbons (Fsp3) is 0.0400. The fourth-order valence-corrected chi connectivity index (χ4v) is 4.84. The van der Waals surface area contributed by atoms with Crippen molar-refractivity contribution in [2.45, 2.75) is 6.92 Å². The summed E-state index contributed by atoms with van der Waals surface area (Å²) >= 11 is 0.